The van der Waals surface area contributed by atoms with Crippen LogP contribution in [-0.4, -0.2) is 5.91 Å². The van der Waals surface area contributed by atoms with Gasteiger partial charge in [0, 0.05) is 11.3 Å². The normalized spacial score (nSPS) is 16.4. The van der Waals surface area contributed by atoms with Crippen LogP contribution in [0.4, 0.5) is 0 Å². The number of nitrogens with one attached hydrogen (secondary N) is 1. The van der Waals surface area contributed by atoms with Crippen molar-refractivity contribution in [3.63, 3.8) is 0 Å². The fourth-order valence-electron chi connectivity index (χ4n) is 2.02. The molecule has 0 radical (unpaired) electrons. The average Bonchev–Trinajstić information content (AvgIpc) is 2.91. The molecule has 0 aromatic carbocycles. The largest absolute Gasteiger partial charge is 0.344 e. The van der Waals surface area contributed by atoms with Gasteiger partial charge in [-0.25, -0.2) is 0 Å². The van der Waals surface area contributed by atoms with E-state index in [1.807, 2.05) is 6.07 Å². The fourth-order valence-corrected chi connectivity index (χ4v) is 3.51. The summed E-state index contributed by atoms with van der Waals surface area (Å²) in [5.74, 6) is 0.818. The van der Waals surface area contributed by atoms with E-state index in [4.69, 9.17) is 0 Å². The maximum atomic E-state index is 12.0. The summed E-state index contributed by atoms with van der Waals surface area (Å²) in [5.41, 5.74) is 1.19. The Morgan fingerprint density at radius 2 is 2.28 bits per heavy atom. The SMILES string of the molecule is O=C(CC1CC1)N[C@H](c1ccsc1)c1cccs1. The van der Waals surface area contributed by atoms with Gasteiger partial charge in [-0.2, -0.15) is 11.3 Å². The molecule has 4 heteroatoms. The lowest BCUT2D eigenvalue weighted by molar-refractivity contribution is -0.121. The van der Waals surface area contributed by atoms with Gasteiger partial charge in [-0.15, -0.1) is 11.3 Å². The summed E-state index contributed by atoms with van der Waals surface area (Å²) in [7, 11) is 0. The van der Waals surface area contributed by atoms with Crippen LogP contribution in [0, 0.1) is 5.92 Å². The van der Waals surface area contributed by atoms with E-state index in [0.29, 0.717) is 12.3 Å². The Hall–Kier alpha value is -1.13. The third kappa shape index (κ3) is 2.82. The highest BCUT2D eigenvalue weighted by Crippen LogP contribution is 2.33. The molecule has 1 aliphatic carbocycles. The molecule has 1 saturated carbocycles. The van der Waals surface area contributed by atoms with E-state index in [0.717, 1.165) is 0 Å². The number of rotatable bonds is 5. The summed E-state index contributed by atoms with van der Waals surface area (Å²) in [5, 5.41) is 9.40. The van der Waals surface area contributed by atoms with Crippen molar-refractivity contribution >= 4 is 28.6 Å². The van der Waals surface area contributed by atoms with Gasteiger partial charge in [0.1, 0.15) is 0 Å². The molecule has 1 atom stereocenters. The Bertz CT molecular complexity index is 466. The van der Waals surface area contributed by atoms with E-state index in [9.17, 15) is 4.79 Å². The number of carbonyl (C=O) groups is 1. The van der Waals surface area contributed by atoms with Crippen molar-refractivity contribution in [1.82, 2.24) is 5.32 Å². The van der Waals surface area contributed by atoms with Crippen LogP contribution in [0.25, 0.3) is 0 Å². The minimum atomic E-state index is 0.0301. The number of carbonyl (C=O) groups excluding carboxylic acids is 1. The predicted molar refractivity (Wildman–Crippen MR) is 76.0 cm³/mol. The van der Waals surface area contributed by atoms with Crippen LogP contribution in [0.15, 0.2) is 34.3 Å². The number of thiophene rings is 2. The topological polar surface area (TPSA) is 29.1 Å². The monoisotopic (exact) mass is 277 g/mol. The zero-order chi connectivity index (χ0) is 12.4. The minimum absolute atomic E-state index is 0.0301. The Balaban J connectivity index is 1.75. The third-order valence-electron chi connectivity index (χ3n) is 3.18. The molecule has 1 amide bonds. The molecule has 1 fully saturated rings. The third-order valence-corrected chi connectivity index (χ3v) is 4.82. The van der Waals surface area contributed by atoms with Gasteiger partial charge in [0.15, 0.2) is 0 Å². The van der Waals surface area contributed by atoms with Crippen LogP contribution >= 0.6 is 22.7 Å². The molecule has 18 heavy (non-hydrogen) atoms. The fraction of sp³-hybridized carbons (Fsp3) is 0.357. The van der Waals surface area contributed by atoms with Crippen molar-refractivity contribution in [2.24, 2.45) is 5.92 Å². The lowest BCUT2D eigenvalue weighted by atomic mass is 10.1. The Kier molecular flexibility index (Phi) is 3.48. The molecule has 1 aliphatic rings. The summed E-state index contributed by atoms with van der Waals surface area (Å²) in [4.78, 5) is 13.2. The van der Waals surface area contributed by atoms with Crippen molar-refractivity contribution in [1.29, 1.82) is 0 Å². The Morgan fingerprint density at radius 3 is 2.89 bits per heavy atom. The van der Waals surface area contributed by atoms with Gasteiger partial charge < -0.3 is 5.32 Å². The van der Waals surface area contributed by atoms with E-state index >= 15 is 0 Å². The quantitative estimate of drug-likeness (QED) is 0.884. The van der Waals surface area contributed by atoms with Crippen molar-refractivity contribution in [2.45, 2.75) is 25.3 Å². The van der Waals surface area contributed by atoms with Crippen LogP contribution in [0.2, 0.25) is 0 Å². The maximum Gasteiger partial charge on any atom is 0.221 e. The van der Waals surface area contributed by atoms with Gasteiger partial charge >= 0.3 is 0 Å². The van der Waals surface area contributed by atoms with Crippen LogP contribution in [0.3, 0.4) is 0 Å². The van der Waals surface area contributed by atoms with Crippen LogP contribution in [-0.2, 0) is 4.79 Å². The van der Waals surface area contributed by atoms with E-state index in [2.05, 4.69) is 33.6 Å². The van der Waals surface area contributed by atoms with E-state index in [1.165, 1.54) is 23.3 Å². The second-order valence-corrected chi connectivity index (χ2v) is 6.48. The predicted octanol–water partition coefficient (Wildman–Crippen LogP) is 3.82. The van der Waals surface area contributed by atoms with Gasteiger partial charge in [-0.3, -0.25) is 4.79 Å². The highest BCUT2D eigenvalue weighted by atomic mass is 32.1. The van der Waals surface area contributed by atoms with Crippen molar-refractivity contribution in [3.8, 4) is 0 Å². The molecule has 0 saturated heterocycles. The van der Waals surface area contributed by atoms with Crippen molar-refractivity contribution in [2.75, 3.05) is 0 Å². The highest BCUT2D eigenvalue weighted by molar-refractivity contribution is 7.10. The molecule has 2 heterocycles. The number of amides is 1. The summed E-state index contributed by atoms with van der Waals surface area (Å²) in [6.07, 6.45) is 3.12. The smallest absolute Gasteiger partial charge is 0.221 e. The van der Waals surface area contributed by atoms with Gasteiger partial charge in [-0.05, 0) is 52.6 Å². The molecule has 0 bridgehead atoms. The van der Waals surface area contributed by atoms with E-state index in [-0.39, 0.29) is 11.9 Å². The second kappa shape index (κ2) is 5.24. The molecule has 0 aliphatic heterocycles. The maximum absolute atomic E-state index is 12.0. The molecule has 1 N–H and O–H groups in total. The minimum Gasteiger partial charge on any atom is -0.344 e. The molecular weight excluding hydrogens is 262 g/mol. The molecule has 3 rings (SSSR count). The molecule has 94 valence electrons. The van der Waals surface area contributed by atoms with Crippen LogP contribution in [0.1, 0.15) is 35.7 Å². The van der Waals surface area contributed by atoms with Crippen LogP contribution < -0.4 is 5.32 Å². The standard InChI is InChI=1S/C14H15NOS2/c16-13(8-10-3-4-10)15-14(11-5-7-17-9-11)12-2-1-6-18-12/h1-2,5-7,9-10,14H,3-4,8H2,(H,15,16)/t14-/m1/s1. The zero-order valence-corrected chi connectivity index (χ0v) is 11.6. The molecular formula is C14H15NOS2. The van der Waals surface area contributed by atoms with Crippen molar-refractivity contribution in [3.05, 3.63) is 44.8 Å². The molecule has 2 nitrogen and oxygen atoms in total. The summed E-state index contributed by atoms with van der Waals surface area (Å²) in [6, 6.07) is 6.24. The van der Waals surface area contributed by atoms with Gasteiger partial charge in [0.05, 0.1) is 6.04 Å². The lowest BCUT2D eigenvalue weighted by Crippen LogP contribution is -2.28. The molecule has 0 unspecified atom stereocenters. The highest BCUT2D eigenvalue weighted by Gasteiger charge is 2.26. The van der Waals surface area contributed by atoms with E-state index < -0.39 is 0 Å². The first kappa shape index (κ1) is 11.9. The number of hydrogen-bond acceptors (Lipinski definition) is 3. The van der Waals surface area contributed by atoms with E-state index in [1.54, 1.807) is 22.7 Å². The first-order valence-electron chi connectivity index (χ1n) is 6.18. The number of hydrogen-bond donors (Lipinski definition) is 1. The lowest BCUT2D eigenvalue weighted by Gasteiger charge is -2.16. The molecule has 2 aromatic rings. The van der Waals surface area contributed by atoms with Gasteiger partial charge in [0.25, 0.3) is 0 Å². The summed E-state index contributed by atoms with van der Waals surface area (Å²) in [6.45, 7) is 0. The van der Waals surface area contributed by atoms with Gasteiger partial charge in [0.2, 0.25) is 5.91 Å². The first-order valence-corrected chi connectivity index (χ1v) is 8.00. The first-order chi connectivity index (χ1) is 8.83. The van der Waals surface area contributed by atoms with Crippen molar-refractivity contribution < 1.29 is 4.79 Å². The zero-order valence-electron chi connectivity index (χ0n) is 9.96. The summed E-state index contributed by atoms with van der Waals surface area (Å²) >= 11 is 3.37. The molecule has 2 aromatic heterocycles. The summed E-state index contributed by atoms with van der Waals surface area (Å²) < 4.78 is 0. The Labute approximate surface area is 115 Å². The average molecular weight is 277 g/mol. The van der Waals surface area contributed by atoms with Crippen LogP contribution in [0.5, 0.6) is 0 Å². The second-order valence-electron chi connectivity index (χ2n) is 4.72. The van der Waals surface area contributed by atoms with Gasteiger partial charge in [-0.1, -0.05) is 6.07 Å². The Morgan fingerprint density at radius 1 is 1.39 bits per heavy atom. The molecule has 0 spiro atoms.